The molecule has 1 saturated heterocycles. The van der Waals surface area contributed by atoms with E-state index in [1.54, 1.807) is 56.0 Å². The third-order valence-electron chi connectivity index (χ3n) is 7.52. The Labute approximate surface area is 256 Å². The van der Waals surface area contributed by atoms with E-state index in [-0.39, 0.29) is 39.9 Å². The molecule has 0 unspecified atom stereocenters. The molecule has 0 radical (unpaired) electrons. The van der Waals surface area contributed by atoms with E-state index < -0.39 is 12.5 Å². The molecule has 2 aromatic carbocycles. The van der Waals surface area contributed by atoms with E-state index in [4.69, 9.17) is 9.47 Å². The minimum absolute atomic E-state index is 0.0959. The molecule has 0 aliphatic carbocycles. The van der Waals surface area contributed by atoms with Crippen molar-refractivity contribution >= 4 is 23.1 Å². The first kappa shape index (κ1) is 29.7. The highest BCUT2D eigenvalue weighted by Crippen LogP contribution is 2.39. The molecule has 0 spiro atoms. The monoisotopic (exact) mass is 616 g/mol. The van der Waals surface area contributed by atoms with Gasteiger partial charge in [0.1, 0.15) is 28.5 Å². The summed E-state index contributed by atoms with van der Waals surface area (Å²) in [4.78, 5) is 34.6. The average molecular weight is 617 g/mol. The molecule has 1 aliphatic heterocycles. The maximum absolute atomic E-state index is 13.4. The second-order valence-electron chi connectivity index (χ2n) is 10.8. The Bertz CT molecular complexity index is 1870. The molecule has 0 bridgehead atoms. The first-order valence-corrected chi connectivity index (χ1v) is 14.1. The van der Waals surface area contributed by atoms with Gasteiger partial charge >= 0.3 is 6.61 Å². The van der Waals surface area contributed by atoms with Crippen molar-refractivity contribution in [1.82, 2.24) is 34.2 Å². The molecule has 1 fully saturated rings. The zero-order valence-corrected chi connectivity index (χ0v) is 24.7. The van der Waals surface area contributed by atoms with Gasteiger partial charge in [-0.2, -0.15) is 19.0 Å². The molecule has 1 N–H and O–H groups in total. The summed E-state index contributed by atoms with van der Waals surface area (Å²) in [6.45, 7) is -1.80. The summed E-state index contributed by atoms with van der Waals surface area (Å²) >= 11 is 0. The fraction of sp³-hybridized carbons (Fsp3) is 0.258. The topological polar surface area (TPSA) is 119 Å². The normalized spacial score (nSPS) is 14.8. The van der Waals surface area contributed by atoms with Crippen LogP contribution in [0.15, 0.2) is 73.3 Å². The number of fused-ring (bicyclic) bond motifs is 1. The Hall–Kier alpha value is -5.37. The Morgan fingerprint density at radius 3 is 2.71 bits per heavy atom. The summed E-state index contributed by atoms with van der Waals surface area (Å²) in [5.74, 6) is -0.121. The van der Waals surface area contributed by atoms with E-state index in [1.807, 2.05) is 19.0 Å². The molecule has 0 saturated carbocycles. The highest BCUT2D eigenvalue weighted by Gasteiger charge is 2.28. The summed E-state index contributed by atoms with van der Waals surface area (Å²) in [7, 11) is 5.63. The van der Waals surface area contributed by atoms with Gasteiger partial charge in [-0.3, -0.25) is 14.3 Å². The molecule has 232 valence electrons. The lowest BCUT2D eigenvalue weighted by molar-refractivity contribution is -0.0494. The lowest BCUT2D eigenvalue weighted by Crippen LogP contribution is -2.34. The minimum atomic E-state index is -3.11. The molecule has 12 nitrogen and oxygen atoms in total. The second-order valence-corrected chi connectivity index (χ2v) is 10.8. The van der Waals surface area contributed by atoms with Gasteiger partial charge in [-0.05, 0) is 63.0 Å². The molecule has 1 aliphatic rings. The molecule has 5 aromatic rings. The number of likely N-dealkylation sites (tertiary alicyclic amines) is 1. The average Bonchev–Trinajstić information content (AvgIpc) is 3.76. The van der Waals surface area contributed by atoms with Crippen molar-refractivity contribution in [2.24, 2.45) is 7.05 Å². The molecule has 6 rings (SSSR count). The van der Waals surface area contributed by atoms with Crippen LogP contribution >= 0.6 is 0 Å². The van der Waals surface area contributed by atoms with Crippen molar-refractivity contribution in [2.75, 3.05) is 32.5 Å². The zero-order valence-electron chi connectivity index (χ0n) is 24.7. The molecule has 1 atom stereocenters. The predicted molar refractivity (Wildman–Crippen MR) is 161 cm³/mol. The Kier molecular flexibility index (Phi) is 8.13. The standard InChI is InChI=1S/C31H30F2N8O4/c1-38(2)20-10-13-40(17-20)30(43)19-6-4-7-21(14-19)44-22-8-9-26(45-31(32)33)23(15-22)27-25(18-39(3)37-27)36-29(42)24-16-35-41-12-5-11-34-28(24)41/h4-9,11-12,14-16,18,20,31H,10,13,17H2,1-3H3,(H,36,42)/t20-/m0/s1. The number of rotatable bonds is 9. The fourth-order valence-electron chi connectivity index (χ4n) is 5.27. The summed E-state index contributed by atoms with van der Waals surface area (Å²) in [6, 6.07) is 13.1. The Morgan fingerprint density at radius 2 is 1.93 bits per heavy atom. The van der Waals surface area contributed by atoms with Crippen LogP contribution < -0.4 is 14.8 Å². The molecular formula is C31H30F2N8O4. The van der Waals surface area contributed by atoms with Crippen LogP contribution in [0.25, 0.3) is 16.9 Å². The SMILES string of the molecule is CN(C)[C@H]1CCN(C(=O)c2cccc(Oc3ccc(OC(F)F)c(-c4nn(C)cc4NC(=O)c4cnn5cccnc45)c3)c2)C1. The first-order chi connectivity index (χ1) is 21.7. The van der Waals surface area contributed by atoms with E-state index in [2.05, 4.69) is 25.4 Å². The van der Waals surface area contributed by atoms with Gasteiger partial charge < -0.3 is 24.6 Å². The number of nitrogens with one attached hydrogen (secondary N) is 1. The number of nitrogens with zero attached hydrogens (tertiary/aromatic N) is 7. The van der Waals surface area contributed by atoms with Gasteiger partial charge in [-0.25, -0.2) is 9.50 Å². The smallest absolute Gasteiger partial charge is 0.387 e. The molecular weight excluding hydrogens is 586 g/mol. The van der Waals surface area contributed by atoms with E-state index in [0.717, 1.165) is 6.42 Å². The number of likely N-dealkylation sites (N-methyl/N-ethyl adjacent to an activating group) is 1. The van der Waals surface area contributed by atoms with Crippen LogP contribution in [0.5, 0.6) is 17.2 Å². The van der Waals surface area contributed by atoms with Gasteiger partial charge in [0.25, 0.3) is 11.8 Å². The third kappa shape index (κ3) is 6.31. The molecule has 2 amide bonds. The highest BCUT2D eigenvalue weighted by atomic mass is 19.3. The number of benzene rings is 2. The number of ether oxygens (including phenoxy) is 2. The Balaban J connectivity index is 1.28. The number of anilines is 1. The molecule has 4 heterocycles. The zero-order chi connectivity index (χ0) is 31.7. The quantitative estimate of drug-likeness (QED) is 0.256. The molecule has 14 heteroatoms. The van der Waals surface area contributed by atoms with Gasteiger partial charge in [0.2, 0.25) is 0 Å². The lowest BCUT2D eigenvalue weighted by atomic mass is 10.1. The number of hydrogen-bond acceptors (Lipinski definition) is 8. The van der Waals surface area contributed by atoms with Crippen LogP contribution in [-0.2, 0) is 7.05 Å². The van der Waals surface area contributed by atoms with Gasteiger partial charge in [-0.1, -0.05) is 6.07 Å². The van der Waals surface area contributed by atoms with Crippen molar-refractivity contribution in [3.8, 4) is 28.5 Å². The van der Waals surface area contributed by atoms with E-state index >= 15 is 0 Å². The van der Waals surface area contributed by atoms with Crippen LogP contribution in [0.4, 0.5) is 14.5 Å². The number of aryl methyl sites for hydroxylation is 1. The van der Waals surface area contributed by atoms with Crippen LogP contribution in [0.1, 0.15) is 27.1 Å². The highest BCUT2D eigenvalue weighted by molar-refractivity contribution is 6.09. The number of amides is 2. The molecule has 45 heavy (non-hydrogen) atoms. The van der Waals surface area contributed by atoms with Crippen molar-refractivity contribution < 1.29 is 27.8 Å². The summed E-state index contributed by atoms with van der Waals surface area (Å²) in [5.41, 5.74) is 1.60. The van der Waals surface area contributed by atoms with Crippen molar-refractivity contribution in [2.45, 2.75) is 19.1 Å². The van der Waals surface area contributed by atoms with Crippen molar-refractivity contribution in [3.05, 3.63) is 84.4 Å². The van der Waals surface area contributed by atoms with Gasteiger partial charge in [0.15, 0.2) is 5.65 Å². The number of hydrogen-bond donors (Lipinski definition) is 1. The van der Waals surface area contributed by atoms with Crippen LogP contribution in [0.2, 0.25) is 0 Å². The summed E-state index contributed by atoms with van der Waals surface area (Å²) in [5, 5.41) is 11.4. The van der Waals surface area contributed by atoms with E-state index in [9.17, 15) is 18.4 Å². The van der Waals surface area contributed by atoms with Crippen LogP contribution in [0, 0.1) is 0 Å². The maximum Gasteiger partial charge on any atom is 0.387 e. The number of halogens is 2. The number of alkyl halides is 2. The van der Waals surface area contributed by atoms with Gasteiger partial charge in [0, 0.05) is 50.3 Å². The lowest BCUT2D eigenvalue weighted by Gasteiger charge is -2.20. The van der Waals surface area contributed by atoms with E-state index in [0.29, 0.717) is 36.1 Å². The Morgan fingerprint density at radius 1 is 1.11 bits per heavy atom. The maximum atomic E-state index is 13.4. The summed E-state index contributed by atoms with van der Waals surface area (Å²) in [6.07, 6.45) is 7.03. The predicted octanol–water partition coefficient (Wildman–Crippen LogP) is 4.55. The van der Waals surface area contributed by atoms with E-state index in [1.165, 1.54) is 33.6 Å². The number of aromatic nitrogens is 5. The van der Waals surface area contributed by atoms with Crippen LogP contribution in [-0.4, -0.2) is 85.8 Å². The minimum Gasteiger partial charge on any atom is -0.457 e. The van der Waals surface area contributed by atoms with Gasteiger partial charge in [-0.15, -0.1) is 0 Å². The van der Waals surface area contributed by atoms with Crippen LogP contribution in [0.3, 0.4) is 0 Å². The van der Waals surface area contributed by atoms with Crippen molar-refractivity contribution in [1.29, 1.82) is 0 Å². The van der Waals surface area contributed by atoms with Gasteiger partial charge in [0.05, 0.1) is 17.4 Å². The van der Waals surface area contributed by atoms with Crippen molar-refractivity contribution in [3.63, 3.8) is 0 Å². The first-order valence-electron chi connectivity index (χ1n) is 14.1. The second kappa shape index (κ2) is 12.3. The summed E-state index contributed by atoms with van der Waals surface area (Å²) < 4.78 is 40.6. The number of carbonyl (C=O) groups is 2. The third-order valence-corrected chi connectivity index (χ3v) is 7.52. The largest absolute Gasteiger partial charge is 0.457 e. The fourth-order valence-corrected chi connectivity index (χ4v) is 5.27. The molecule has 3 aromatic heterocycles. The number of carbonyl (C=O) groups excluding carboxylic acids is 2.